The van der Waals surface area contributed by atoms with Gasteiger partial charge in [0.15, 0.2) is 0 Å². The fraction of sp³-hybridized carbons (Fsp3) is 1.00. The van der Waals surface area contributed by atoms with E-state index in [9.17, 15) is 8.42 Å². The maximum atomic E-state index is 12.2. The van der Waals surface area contributed by atoms with Crippen LogP contribution in [-0.2, 0) is 10.0 Å². The molecular weight excluding hydrogens is 238 g/mol. The normalized spacial score (nSPS) is 36.2. The molecule has 1 saturated carbocycles. The molecule has 0 aromatic rings. The van der Waals surface area contributed by atoms with E-state index in [4.69, 9.17) is 5.73 Å². The predicted molar refractivity (Wildman–Crippen MR) is 68.2 cm³/mol. The largest absolute Gasteiger partial charge is 0.328 e. The third-order valence-corrected chi connectivity index (χ3v) is 5.81. The van der Waals surface area contributed by atoms with E-state index < -0.39 is 10.0 Å². The van der Waals surface area contributed by atoms with Gasteiger partial charge < -0.3 is 10.6 Å². The second-order valence-corrected chi connectivity index (χ2v) is 7.44. The van der Waals surface area contributed by atoms with Crippen LogP contribution in [0.5, 0.6) is 0 Å². The molecule has 0 amide bonds. The first-order chi connectivity index (χ1) is 7.97. The summed E-state index contributed by atoms with van der Waals surface area (Å²) in [4.78, 5) is 2.07. The van der Waals surface area contributed by atoms with Crippen molar-refractivity contribution >= 4 is 10.0 Å². The lowest BCUT2D eigenvalue weighted by Crippen LogP contribution is -2.44. The van der Waals surface area contributed by atoms with Crippen molar-refractivity contribution in [1.29, 1.82) is 0 Å². The smallest absolute Gasteiger partial charge is 0.216 e. The minimum absolute atomic E-state index is 0.103. The Bertz CT molecular complexity index is 350. The SMILES string of the molecule is CN1CCC(S(=O)(=O)NC2CCC(N)CC2)C1. The van der Waals surface area contributed by atoms with Crippen LogP contribution in [0.15, 0.2) is 0 Å². The van der Waals surface area contributed by atoms with Crippen LogP contribution in [0.4, 0.5) is 0 Å². The van der Waals surface area contributed by atoms with Gasteiger partial charge in [0.25, 0.3) is 0 Å². The van der Waals surface area contributed by atoms with E-state index in [1.165, 1.54) is 0 Å². The second kappa shape index (κ2) is 5.22. The van der Waals surface area contributed by atoms with Crippen LogP contribution >= 0.6 is 0 Å². The Kier molecular flexibility index (Phi) is 4.07. The molecule has 1 heterocycles. The van der Waals surface area contributed by atoms with Crippen molar-refractivity contribution in [3.05, 3.63) is 0 Å². The van der Waals surface area contributed by atoms with Gasteiger partial charge in [0, 0.05) is 18.6 Å². The van der Waals surface area contributed by atoms with Gasteiger partial charge in [0.05, 0.1) is 5.25 Å². The topological polar surface area (TPSA) is 75.4 Å². The molecule has 0 aromatic carbocycles. The lowest BCUT2D eigenvalue weighted by molar-refractivity contribution is 0.371. The van der Waals surface area contributed by atoms with E-state index in [2.05, 4.69) is 9.62 Å². The van der Waals surface area contributed by atoms with Crippen LogP contribution in [0.1, 0.15) is 32.1 Å². The van der Waals surface area contributed by atoms with Crippen LogP contribution < -0.4 is 10.5 Å². The standard InChI is InChI=1S/C11H23N3O2S/c1-14-7-6-11(8-14)17(15,16)13-10-4-2-9(12)3-5-10/h9-11,13H,2-8,12H2,1H3. The molecule has 0 bridgehead atoms. The maximum absolute atomic E-state index is 12.2. The van der Waals surface area contributed by atoms with Gasteiger partial charge in [0.2, 0.25) is 10.0 Å². The molecular formula is C11H23N3O2S. The number of nitrogens with two attached hydrogens (primary N) is 1. The number of sulfonamides is 1. The number of likely N-dealkylation sites (tertiary alicyclic amines) is 1. The van der Waals surface area contributed by atoms with E-state index in [0.29, 0.717) is 6.54 Å². The molecule has 0 spiro atoms. The molecule has 0 aromatic heterocycles. The van der Waals surface area contributed by atoms with Crippen molar-refractivity contribution in [3.8, 4) is 0 Å². The van der Waals surface area contributed by atoms with Gasteiger partial charge in [0.1, 0.15) is 0 Å². The molecule has 17 heavy (non-hydrogen) atoms. The Hall–Kier alpha value is -0.170. The molecule has 1 aliphatic heterocycles. The fourth-order valence-corrected chi connectivity index (χ4v) is 4.47. The molecule has 2 aliphatic rings. The number of nitrogens with zero attached hydrogens (tertiary/aromatic N) is 1. The first-order valence-corrected chi connectivity index (χ1v) is 7.97. The summed E-state index contributed by atoms with van der Waals surface area (Å²) in [6, 6.07) is 0.360. The predicted octanol–water partition coefficient (Wildman–Crippen LogP) is -0.120. The second-order valence-electron chi connectivity index (χ2n) is 5.45. The van der Waals surface area contributed by atoms with E-state index in [-0.39, 0.29) is 17.3 Å². The van der Waals surface area contributed by atoms with E-state index >= 15 is 0 Å². The third-order valence-electron chi connectivity index (χ3n) is 3.89. The van der Waals surface area contributed by atoms with E-state index in [1.54, 1.807) is 0 Å². The molecule has 100 valence electrons. The number of hydrogen-bond acceptors (Lipinski definition) is 4. The maximum Gasteiger partial charge on any atom is 0.216 e. The Labute approximate surface area is 104 Å². The Morgan fingerprint density at radius 2 is 1.82 bits per heavy atom. The first-order valence-electron chi connectivity index (χ1n) is 6.42. The summed E-state index contributed by atoms with van der Waals surface area (Å²) in [6.45, 7) is 1.53. The summed E-state index contributed by atoms with van der Waals surface area (Å²) in [5.74, 6) is 0. The third kappa shape index (κ3) is 3.40. The minimum atomic E-state index is -3.14. The lowest BCUT2D eigenvalue weighted by Gasteiger charge is -2.27. The zero-order chi connectivity index (χ0) is 12.5. The van der Waals surface area contributed by atoms with Gasteiger partial charge in [-0.1, -0.05) is 0 Å². The van der Waals surface area contributed by atoms with Crippen molar-refractivity contribution in [2.45, 2.75) is 49.4 Å². The van der Waals surface area contributed by atoms with Crippen LogP contribution in [-0.4, -0.2) is 50.8 Å². The fourth-order valence-electron chi connectivity index (χ4n) is 2.71. The zero-order valence-electron chi connectivity index (χ0n) is 10.4. The Morgan fingerprint density at radius 3 is 2.35 bits per heavy atom. The summed E-state index contributed by atoms with van der Waals surface area (Å²) < 4.78 is 27.2. The highest BCUT2D eigenvalue weighted by Crippen LogP contribution is 2.20. The lowest BCUT2D eigenvalue weighted by atomic mass is 9.93. The van der Waals surface area contributed by atoms with Crippen LogP contribution in [0.25, 0.3) is 0 Å². The van der Waals surface area contributed by atoms with Gasteiger partial charge >= 0.3 is 0 Å². The van der Waals surface area contributed by atoms with Gasteiger partial charge in [-0.25, -0.2) is 13.1 Å². The highest BCUT2D eigenvalue weighted by Gasteiger charge is 2.33. The monoisotopic (exact) mass is 261 g/mol. The Morgan fingerprint density at radius 1 is 1.18 bits per heavy atom. The van der Waals surface area contributed by atoms with E-state index in [0.717, 1.165) is 38.6 Å². The molecule has 3 N–H and O–H groups in total. The van der Waals surface area contributed by atoms with Crippen LogP contribution in [0, 0.1) is 0 Å². The van der Waals surface area contributed by atoms with Crippen molar-refractivity contribution < 1.29 is 8.42 Å². The molecule has 0 radical (unpaired) electrons. The van der Waals surface area contributed by atoms with Gasteiger partial charge in [-0.3, -0.25) is 0 Å². The number of rotatable bonds is 3. The molecule has 1 unspecified atom stereocenters. The molecule has 1 saturated heterocycles. The van der Waals surface area contributed by atoms with Crippen LogP contribution in [0.3, 0.4) is 0 Å². The highest BCUT2D eigenvalue weighted by atomic mass is 32.2. The highest BCUT2D eigenvalue weighted by molar-refractivity contribution is 7.90. The van der Waals surface area contributed by atoms with Gasteiger partial charge in [-0.2, -0.15) is 0 Å². The number of nitrogens with one attached hydrogen (secondary N) is 1. The first kappa shape index (κ1) is 13.3. The molecule has 1 atom stereocenters. The summed E-state index contributed by atoms with van der Waals surface area (Å²) >= 11 is 0. The van der Waals surface area contributed by atoms with E-state index in [1.807, 2.05) is 7.05 Å². The quantitative estimate of drug-likeness (QED) is 0.743. The van der Waals surface area contributed by atoms with Crippen molar-refractivity contribution in [2.75, 3.05) is 20.1 Å². The van der Waals surface area contributed by atoms with Crippen LogP contribution in [0.2, 0.25) is 0 Å². The summed E-state index contributed by atoms with van der Waals surface area (Å²) in [5.41, 5.74) is 5.82. The number of hydrogen-bond donors (Lipinski definition) is 2. The van der Waals surface area contributed by atoms with Crippen molar-refractivity contribution in [3.63, 3.8) is 0 Å². The van der Waals surface area contributed by atoms with Gasteiger partial charge in [-0.05, 0) is 45.7 Å². The average Bonchev–Trinajstić information content (AvgIpc) is 2.69. The average molecular weight is 261 g/mol. The molecule has 2 rings (SSSR count). The van der Waals surface area contributed by atoms with Gasteiger partial charge in [-0.15, -0.1) is 0 Å². The molecule has 1 aliphatic carbocycles. The van der Waals surface area contributed by atoms with Crippen molar-refractivity contribution in [1.82, 2.24) is 9.62 Å². The minimum Gasteiger partial charge on any atom is -0.328 e. The zero-order valence-corrected chi connectivity index (χ0v) is 11.2. The molecule has 5 nitrogen and oxygen atoms in total. The Balaban J connectivity index is 1.89. The summed E-state index contributed by atoms with van der Waals surface area (Å²) in [5, 5.41) is -0.233. The van der Waals surface area contributed by atoms with Crippen molar-refractivity contribution in [2.24, 2.45) is 5.73 Å². The summed E-state index contributed by atoms with van der Waals surface area (Å²) in [6.07, 6.45) is 4.36. The molecule has 2 fully saturated rings. The summed E-state index contributed by atoms with van der Waals surface area (Å²) in [7, 11) is -1.18. The molecule has 6 heteroatoms.